The first-order chi connectivity index (χ1) is 19.6. The van der Waals surface area contributed by atoms with Crippen molar-refractivity contribution in [1.82, 2.24) is 0 Å². The fraction of sp³-hybridized carbons (Fsp3) is 0. The van der Waals surface area contributed by atoms with E-state index in [0.717, 1.165) is 12.1 Å². The van der Waals surface area contributed by atoms with Crippen LogP contribution in [0.3, 0.4) is 0 Å². The lowest BCUT2D eigenvalue weighted by Gasteiger charge is -2.10. The number of hydrogen-bond donors (Lipinski definition) is 0. The van der Waals surface area contributed by atoms with Gasteiger partial charge >= 0.3 is 20.2 Å². The number of nitriles is 4. The minimum atomic E-state index is -4.28. The molecule has 0 spiro atoms. The van der Waals surface area contributed by atoms with Crippen LogP contribution < -0.4 is 13.1 Å². The molecule has 0 unspecified atom stereocenters. The Bertz CT molecular complexity index is 1880. The van der Waals surface area contributed by atoms with Crippen LogP contribution in [0.15, 0.2) is 94.7 Å². The van der Waals surface area contributed by atoms with Gasteiger partial charge in [0.25, 0.3) is 0 Å². The molecule has 0 fully saturated rings. The quantitative estimate of drug-likeness (QED) is 0.266. The van der Waals surface area contributed by atoms with E-state index in [9.17, 15) is 16.8 Å². The van der Waals surface area contributed by atoms with Crippen LogP contribution in [0.1, 0.15) is 22.3 Å². The van der Waals surface area contributed by atoms with Crippen molar-refractivity contribution >= 4 is 20.2 Å². The zero-order valence-corrected chi connectivity index (χ0v) is 22.2. The van der Waals surface area contributed by atoms with Crippen LogP contribution in [0.4, 0.5) is 0 Å². The van der Waals surface area contributed by atoms with Crippen molar-refractivity contribution in [2.24, 2.45) is 0 Å². The van der Waals surface area contributed by atoms with Gasteiger partial charge in [-0.05, 0) is 84.9 Å². The molecule has 0 aliphatic carbocycles. The number of hydrogen-bond acceptors (Lipinski definition) is 11. The van der Waals surface area contributed by atoms with E-state index in [1.165, 1.54) is 72.8 Å². The Kier molecular flexibility index (Phi) is 7.89. The molecule has 4 aromatic rings. The molecule has 200 valence electrons. The predicted molar refractivity (Wildman–Crippen MR) is 140 cm³/mol. The monoisotopic (exact) mass is 582 g/mol. The fourth-order valence-corrected chi connectivity index (χ4v) is 5.27. The van der Waals surface area contributed by atoms with Crippen LogP contribution in [0.2, 0.25) is 0 Å². The van der Waals surface area contributed by atoms with Crippen LogP contribution in [0.25, 0.3) is 0 Å². The third kappa shape index (κ3) is 6.42. The molecule has 0 N–H and O–H groups in total. The summed E-state index contributed by atoms with van der Waals surface area (Å²) in [7, 11) is -8.57. The Morgan fingerprint density at radius 1 is 0.439 bits per heavy atom. The molecule has 0 bridgehead atoms. The summed E-state index contributed by atoms with van der Waals surface area (Å²) in [4.78, 5) is -0.579. The second kappa shape index (κ2) is 11.5. The number of nitrogens with zero attached hydrogens (tertiary/aromatic N) is 4. The minimum Gasteiger partial charge on any atom is -0.457 e. The Labute approximate surface area is 235 Å². The van der Waals surface area contributed by atoms with Gasteiger partial charge in [-0.15, -0.1) is 0 Å². The lowest BCUT2D eigenvalue weighted by Crippen LogP contribution is -2.10. The van der Waals surface area contributed by atoms with Gasteiger partial charge < -0.3 is 13.1 Å². The molecular formula is C28H14N4O7S2. The van der Waals surface area contributed by atoms with Crippen molar-refractivity contribution in [1.29, 1.82) is 21.0 Å². The van der Waals surface area contributed by atoms with E-state index in [1.807, 2.05) is 0 Å². The summed E-state index contributed by atoms with van der Waals surface area (Å²) < 4.78 is 66.3. The molecule has 41 heavy (non-hydrogen) atoms. The van der Waals surface area contributed by atoms with Gasteiger partial charge in [0.2, 0.25) is 0 Å². The molecule has 0 aliphatic heterocycles. The highest BCUT2D eigenvalue weighted by molar-refractivity contribution is 7.87. The molecule has 0 saturated heterocycles. The van der Waals surface area contributed by atoms with Crippen molar-refractivity contribution in [3.63, 3.8) is 0 Å². The molecule has 0 heterocycles. The maximum absolute atomic E-state index is 12.6. The summed E-state index contributed by atoms with van der Waals surface area (Å²) in [5.41, 5.74) is -0.126. The Balaban J connectivity index is 1.42. The zero-order chi connectivity index (χ0) is 29.6. The van der Waals surface area contributed by atoms with Crippen molar-refractivity contribution in [3.8, 4) is 47.3 Å². The first kappa shape index (κ1) is 28.2. The van der Waals surface area contributed by atoms with Gasteiger partial charge in [-0.2, -0.15) is 37.9 Å². The second-order valence-corrected chi connectivity index (χ2v) is 11.1. The zero-order valence-electron chi connectivity index (χ0n) is 20.5. The summed E-state index contributed by atoms with van der Waals surface area (Å²) in [5, 5.41) is 36.3. The normalized spacial score (nSPS) is 10.7. The van der Waals surface area contributed by atoms with Crippen molar-refractivity contribution in [3.05, 3.63) is 107 Å². The predicted octanol–water partition coefficient (Wildman–Crippen LogP) is 4.50. The number of ether oxygens (including phenoxy) is 1. The SMILES string of the molecule is N#Cc1ccc(S(=O)(=O)Oc2ccc(Oc3ccc(OS(=O)(=O)c4ccc(C#N)c(C#N)c4)cc3)cc2)cc1C#N. The Morgan fingerprint density at radius 2 is 0.756 bits per heavy atom. The van der Waals surface area contributed by atoms with E-state index in [-0.39, 0.29) is 43.5 Å². The van der Waals surface area contributed by atoms with E-state index in [4.69, 9.17) is 34.2 Å². The molecular weight excluding hydrogens is 568 g/mol. The highest BCUT2D eigenvalue weighted by Gasteiger charge is 2.20. The van der Waals surface area contributed by atoms with E-state index in [2.05, 4.69) is 0 Å². The molecule has 11 nitrogen and oxygen atoms in total. The van der Waals surface area contributed by atoms with Crippen LogP contribution in [0.5, 0.6) is 23.0 Å². The average Bonchev–Trinajstić information content (AvgIpc) is 2.98. The fourth-order valence-electron chi connectivity index (χ4n) is 3.35. The van der Waals surface area contributed by atoms with Crippen LogP contribution in [-0.2, 0) is 20.2 Å². The molecule has 0 saturated carbocycles. The molecule has 0 aromatic heterocycles. The third-order valence-electron chi connectivity index (χ3n) is 5.34. The van der Waals surface area contributed by atoms with Crippen molar-refractivity contribution in [2.75, 3.05) is 0 Å². The molecule has 4 aromatic carbocycles. The molecule has 0 radical (unpaired) electrons. The van der Waals surface area contributed by atoms with Crippen molar-refractivity contribution < 1.29 is 29.9 Å². The standard InChI is InChI=1S/C28H14N4O7S2/c29-15-19-1-11-27(13-21(19)17-31)40(33,34)38-25-7-3-23(4-8-25)37-24-5-9-26(10-6-24)39-41(35,36)28-12-2-20(16-30)22(14-28)18-32/h1-14H. The summed E-state index contributed by atoms with van der Waals surface area (Å²) in [5.74, 6) is 0.554. The highest BCUT2D eigenvalue weighted by atomic mass is 32.2. The number of benzene rings is 4. The van der Waals surface area contributed by atoms with Gasteiger partial charge in [-0.25, -0.2) is 0 Å². The summed E-state index contributed by atoms with van der Waals surface area (Å²) in [6.45, 7) is 0. The number of rotatable bonds is 8. The van der Waals surface area contributed by atoms with Gasteiger partial charge in [-0.3, -0.25) is 0 Å². The Hall–Kier alpha value is -5.86. The smallest absolute Gasteiger partial charge is 0.339 e. The molecule has 13 heteroatoms. The third-order valence-corrected chi connectivity index (χ3v) is 7.82. The lowest BCUT2D eigenvalue weighted by molar-refractivity contribution is 0.471. The summed E-state index contributed by atoms with van der Waals surface area (Å²) >= 11 is 0. The molecule has 0 aliphatic rings. The first-order valence-electron chi connectivity index (χ1n) is 11.2. The van der Waals surface area contributed by atoms with Gasteiger partial charge in [0, 0.05) is 0 Å². The molecule has 4 rings (SSSR count). The van der Waals surface area contributed by atoms with Gasteiger partial charge in [0.1, 0.15) is 57.1 Å². The van der Waals surface area contributed by atoms with Crippen LogP contribution in [-0.4, -0.2) is 16.8 Å². The van der Waals surface area contributed by atoms with Crippen LogP contribution in [0, 0.1) is 45.3 Å². The van der Waals surface area contributed by atoms with Gasteiger partial charge in [0.15, 0.2) is 0 Å². The van der Waals surface area contributed by atoms with E-state index in [1.54, 1.807) is 24.3 Å². The van der Waals surface area contributed by atoms with E-state index < -0.39 is 20.2 Å². The summed E-state index contributed by atoms with van der Waals surface area (Å²) in [6, 6.07) is 25.2. The lowest BCUT2D eigenvalue weighted by atomic mass is 10.1. The Morgan fingerprint density at radius 3 is 1.07 bits per heavy atom. The molecule has 0 atom stereocenters. The van der Waals surface area contributed by atoms with E-state index >= 15 is 0 Å². The van der Waals surface area contributed by atoms with Crippen molar-refractivity contribution in [2.45, 2.75) is 9.79 Å². The van der Waals surface area contributed by atoms with E-state index in [0.29, 0.717) is 11.5 Å². The van der Waals surface area contributed by atoms with Crippen LogP contribution >= 0.6 is 0 Å². The summed E-state index contributed by atoms with van der Waals surface area (Å²) in [6.07, 6.45) is 0. The molecule has 0 amide bonds. The van der Waals surface area contributed by atoms with Gasteiger partial charge in [-0.1, -0.05) is 0 Å². The second-order valence-electron chi connectivity index (χ2n) is 7.98. The minimum absolute atomic E-state index is 0.0310. The maximum Gasteiger partial charge on any atom is 0.339 e. The topological polar surface area (TPSA) is 191 Å². The maximum atomic E-state index is 12.6. The van der Waals surface area contributed by atoms with Gasteiger partial charge in [0.05, 0.1) is 22.3 Å². The average molecular weight is 583 g/mol. The first-order valence-corrected chi connectivity index (χ1v) is 14.1. The highest BCUT2D eigenvalue weighted by Crippen LogP contribution is 2.28. The largest absolute Gasteiger partial charge is 0.457 e.